The van der Waals surface area contributed by atoms with Crippen molar-refractivity contribution in [2.75, 3.05) is 24.5 Å². The number of amides is 6. The topological polar surface area (TPSA) is 134 Å². The van der Waals surface area contributed by atoms with E-state index in [-0.39, 0.29) is 61.5 Å². The largest absolute Gasteiger partial charge is 0.457 e. The van der Waals surface area contributed by atoms with Crippen LogP contribution in [0.2, 0.25) is 0 Å². The van der Waals surface area contributed by atoms with Crippen molar-refractivity contribution >= 4 is 95.0 Å². The summed E-state index contributed by atoms with van der Waals surface area (Å²) in [6, 6.07) is 35.4. The van der Waals surface area contributed by atoms with Crippen LogP contribution in [0.15, 0.2) is 115 Å². The zero-order valence-corrected chi connectivity index (χ0v) is 46.3. The molecule has 4 heterocycles. The van der Waals surface area contributed by atoms with E-state index in [0.717, 1.165) is 96.4 Å². The molecular weight excluding hydrogens is 1000 g/mol. The molecule has 9 aromatic rings. The van der Waals surface area contributed by atoms with Crippen LogP contribution in [0.25, 0.3) is 53.9 Å². The number of imide groups is 3. The molecule has 4 aliphatic rings. The van der Waals surface area contributed by atoms with E-state index < -0.39 is 35.4 Å². The van der Waals surface area contributed by atoms with Crippen molar-refractivity contribution in [1.29, 1.82) is 0 Å². The molecule has 13 rings (SSSR count). The summed E-state index contributed by atoms with van der Waals surface area (Å²) in [6.07, 6.45) is 8.02. The van der Waals surface area contributed by atoms with Crippen LogP contribution in [0.1, 0.15) is 173 Å². The first-order valence-corrected chi connectivity index (χ1v) is 28.2. The highest BCUT2D eigenvalue weighted by atomic mass is 16.5. The van der Waals surface area contributed by atoms with Gasteiger partial charge in [-0.15, -0.1) is 0 Å². The SMILES string of the molecule is CCCCCCCCN1C(=O)c2ccc3c4c(ccc(c24)C1=O)C(=O)N(N1C(=O)c2cc(Oc4ccc(C(C)(C)C)cc4)c4c5cccc6c(N7CCCC7)ccc(c7c(Oc8ccc(C(C)(C)C)cc8)cc(c2c47)C1=O)c65)C3=O. The van der Waals surface area contributed by atoms with E-state index in [2.05, 4.69) is 77.6 Å². The second kappa shape index (κ2) is 18.8. The number of benzene rings is 9. The smallest absolute Gasteiger partial charge is 0.281 e. The molecule has 0 N–H and O–H groups in total. The van der Waals surface area contributed by atoms with Gasteiger partial charge in [0.15, 0.2) is 0 Å². The van der Waals surface area contributed by atoms with Gasteiger partial charge in [-0.05, 0) is 124 Å². The number of rotatable bonds is 13. The van der Waals surface area contributed by atoms with Gasteiger partial charge < -0.3 is 14.4 Å². The van der Waals surface area contributed by atoms with Gasteiger partial charge in [0.25, 0.3) is 35.4 Å². The van der Waals surface area contributed by atoms with Crippen LogP contribution >= 0.6 is 0 Å². The first-order chi connectivity index (χ1) is 38.4. The molecule has 402 valence electrons. The monoisotopic (exact) mass is 1060 g/mol. The molecule has 0 atom stereocenters. The lowest BCUT2D eigenvalue weighted by molar-refractivity contribution is 0.00210. The van der Waals surface area contributed by atoms with Gasteiger partial charge in [0.1, 0.15) is 23.0 Å². The van der Waals surface area contributed by atoms with E-state index >= 15 is 19.2 Å². The second-order valence-corrected chi connectivity index (χ2v) is 24.1. The number of ether oxygens (including phenoxy) is 2. The predicted molar refractivity (Wildman–Crippen MR) is 313 cm³/mol. The molecule has 4 aliphatic heterocycles. The Hall–Kier alpha value is -8.64. The number of carbonyl (C=O) groups excluding carboxylic acids is 6. The Morgan fingerprint density at radius 2 is 0.838 bits per heavy atom. The molecule has 12 heteroatoms. The Kier molecular flexibility index (Phi) is 11.9. The molecule has 6 amide bonds. The number of hydrogen-bond acceptors (Lipinski definition) is 9. The van der Waals surface area contributed by atoms with Crippen molar-refractivity contribution in [2.45, 2.75) is 111 Å². The molecule has 80 heavy (non-hydrogen) atoms. The van der Waals surface area contributed by atoms with Crippen LogP contribution < -0.4 is 14.4 Å². The molecule has 0 aromatic heterocycles. The minimum absolute atomic E-state index is 0.0320. The number of anilines is 1. The average molecular weight is 1060 g/mol. The van der Waals surface area contributed by atoms with Crippen LogP contribution in [0.3, 0.4) is 0 Å². The minimum Gasteiger partial charge on any atom is -0.457 e. The van der Waals surface area contributed by atoms with Gasteiger partial charge in [-0.25, -0.2) is 0 Å². The summed E-state index contributed by atoms with van der Waals surface area (Å²) in [7, 11) is 0. The molecule has 0 aliphatic carbocycles. The van der Waals surface area contributed by atoms with E-state index in [1.54, 1.807) is 12.1 Å². The van der Waals surface area contributed by atoms with Crippen LogP contribution in [0.4, 0.5) is 5.69 Å². The highest BCUT2D eigenvalue weighted by molar-refractivity contribution is 6.42. The summed E-state index contributed by atoms with van der Waals surface area (Å²) in [6.45, 7) is 17.1. The standard InChI is InChI=1S/C68H62N4O8/c1-8-9-10-11-12-13-35-70-61(73)45-27-29-47-56-48(30-28-46(55(45)56)62(70)74)64(76)71(63(47)75)72-65(77)49-36-52(79-40-23-19-38(20-24-40)67(2,3)4)58-43-18-16-17-42-51(69-33-14-15-34-69)32-31-44(54(42)43)59-53(37-50(66(72)78)57(49)60(58)59)80-41-25-21-39(22-26-41)68(5,6)7/h16-32,36-37H,8-15,33-35H2,1-7H3. The maximum absolute atomic E-state index is 15.8. The Morgan fingerprint density at radius 1 is 0.412 bits per heavy atom. The molecule has 0 saturated carbocycles. The highest BCUT2D eigenvalue weighted by Gasteiger charge is 2.48. The van der Waals surface area contributed by atoms with Gasteiger partial charge in [0.2, 0.25) is 0 Å². The van der Waals surface area contributed by atoms with Crippen molar-refractivity contribution in [1.82, 2.24) is 14.9 Å². The van der Waals surface area contributed by atoms with E-state index in [9.17, 15) is 9.59 Å². The van der Waals surface area contributed by atoms with Gasteiger partial charge >= 0.3 is 0 Å². The van der Waals surface area contributed by atoms with Crippen molar-refractivity contribution in [2.24, 2.45) is 0 Å². The van der Waals surface area contributed by atoms with Gasteiger partial charge in [-0.1, -0.05) is 129 Å². The first-order valence-electron chi connectivity index (χ1n) is 28.2. The Bertz CT molecular complexity index is 3960. The van der Waals surface area contributed by atoms with Crippen LogP contribution in [0.5, 0.6) is 23.0 Å². The summed E-state index contributed by atoms with van der Waals surface area (Å²) in [4.78, 5) is 94.0. The third kappa shape index (κ3) is 7.84. The molecule has 12 nitrogen and oxygen atoms in total. The Labute approximate surface area is 464 Å². The third-order valence-electron chi connectivity index (χ3n) is 17.0. The fourth-order valence-electron chi connectivity index (χ4n) is 12.8. The van der Waals surface area contributed by atoms with Gasteiger partial charge in [0, 0.05) is 74.2 Å². The summed E-state index contributed by atoms with van der Waals surface area (Å²) in [5.74, 6) is -3.10. The summed E-state index contributed by atoms with van der Waals surface area (Å²) < 4.78 is 14.1. The van der Waals surface area contributed by atoms with E-state index in [1.807, 2.05) is 54.6 Å². The summed E-state index contributed by atoms with van der Waals surface area (Å²) >= 11 is 0. The van der Waals surface area contributed by atoms with Crippen molar-refractivity contribution in [3.8, 4) is 23.0 Å². The van der Waals surface area contributed by atoms with E-state index in [4.69, 9.17) is 9.47 Å². The van der Waals surface area contributed by atoms with Crippen LogP contribution in [-0.2, 0) is 10.8 Å². The van der Waals surface area contributed by atoms with Crippen molar-refractivity contribution in [3.63, 3.8) is 0 Å². The highest BCUT2D eigenvalue weighted by Crippen LogP contribution is 2.54. The molecule has 0 spiro atoms. The normalized spacial score (nSPS) is 15.6. The molecular formula is C68H62N4O8. The van der Waals surface area contributed by atoms with Gasteiger partial charge in [-0.2, -0.15) is 10.0 Å². The quantitative estimate of drug-likeness (QED) is 0.0479. The molecule has 1 fully saturated rings. The second-order valence-electron chi connectivity index (χ2n) is 24.1. The first kappa shape index (κ1) is 50.8. The maximum atomic E-state index is 15.8. The zero-order valence-electron chi connectivity index (χ0n) is 46.3. The fourth-order valence-corrected chi connectivity index (χ4v) is 12.8. The van der Waals surface area contributed by atoms with E-state index in [1.165, 1.54) is 29.2 Å². The lowest BCUT2D eigenvalue weighted by Crippen LogP contribution is -2.58. The lowest BCUT2D eigenvalue weighted by Gasteiger charge is -2.38. The molecule has 1 saturated heterocycles. The minimum atomic E-state index is -0.961. The Morgan fingerprint density at radius 3 is 1.32 bits per heavy atom. The number of hydrazine groups is 1. The van der Waals surface area contributed by atoms with Crippen molar-refractivity contribution in [3.05, 3.63) is 160 Å². The Balaban J connectivity index is 1.00. The lowest BCUT2D eigenvalue weighted by atomic mass is 9.83. The molecule has 0 unspecified atom stereocenters. The fraction of sp³-hybridized carbons (Fsp3) is 0.294. The average Bonchev–Trinajstić information content (AvgIpc) is 3.41. The van der Waals surface area contributed by atoms with Crippen LogP contribution in [0, 0.1) is 0 Å². The van der Waals surface area contributed by atoms with Gasteiger partial charge in [0.05, 0.1) is 22.3 Å². The third-order valence-corrected chi connectivity index (χ3v) is 17.0. The molecule has 9 aromatic carbocycles. The van der Waals surface area contributed by atoms with Crippen LogP contribution in [-0.4, -0.2) is 70.0 Å². The van der Waals surface area contributed by atoms with Gasteiger partial charge in [-0.3, -0.25) is 33.7 Å². The molecule has 0 bridgehead atoms. The number of nitrogens with zero attached hydrogens (tertiary/aromatic N) is 4. The maximum Gasteiger partial charge on any atom is 0.281 e. The number of carbonyl (C=O) groups is 6. The molecule has 0 radical (unpaired) electrons. The zero-order chi connectivity index (χ0) is 55.7. The predicted octanol–water partition coefficient (Wildman–Crippen LogP) is 15.4. The number of fused-ring (bicyclic) bond motifs is 2. The number of unbranched alkanes of at least 4 members (excludes halogenated alkanes) is 5. The summed E-state index contributed by atoms with van der Waals surface area (Å²) in [5.41, 5.74) is 3.42. The van der Waals surface area contributed by atoms with E-state index in [0.29, 0.717) is 61.0 Å². The number of hydrogen-bond donors (Lipinski definition) is 0. The van der Waals surface area contributed by atoms with Crippen molar-refractivity contribution < 1.29 is 38.2 Å². The summed E-state index contributed by atoms with van der Waals surface area (Å²) in [5, 5.41) is 7.49.